The highest BCUT2D eigenvalue weighted by atomic mass is 14.8. The summed E-state index contributed by atoms with van der Waals surface area (Å²) < 4.78 is 0. The van der Waals surface area contributed by atoms with Crippen molar-refractivity contribution < 1.29 is 0 Å². The van der Waals surface area contributed by atoms with Gasteiger partial charge in [-0.2, -0.15) is 0 Å². The van der Waals surface area contributed by atoms with Crippen molar-refractivity contribution in [1.82, 2.24) is 9.97 Å². The summed E-state index contributed by atoms with van der Waals surface area (Å²) in [5.74, 6) is 0. The van der Waals surface area contributed by atoms with Crippen molar-refractivity contribution in [2.45, 2.75) is 39.5 Å². The Morgan fingerprint density at radius 3 is 2.30 bits per heavy atom. The van der Waals surface area contributed by atoms with Gasteiger partial charge in [0.2, 0.25) is 0 Å². The van der Waals surface area contributed by atoms with Crippen LogP contribution in [0.4, 0.5) is 0 Å². The maximum absolute atomic E-state index is 4.51. The fourth-order valence-electron chi connectivity index (χ4n) is 3.17. The monoisotopic (exact) mass is 264 g/mol. The summed E-state index contributed by atoms with van der Waals surface area (Å²) in [6, 6.07) is 0. The fourth-order valence-corrected chi connectivity index (χ4v) is 3.17. The van der Waals surface area contributed by atoms with Crippen molar-refractivity contribution in [3.05, 3.63) is 46.9 Å². The molecule has 2 aliphatic rings. The predicted octanol–water partition coefficient (Wildman–Crippen LogP) is 4.57. The van der Waals surface area contributed by atoms with Crippen LogP contribution < -0.4 is 0 Å². The lowest BCUT2D eigenvalue weighted by Gasteiger charge is -2.22. The maximum atomic E-state index is 4.51. The highest BCUT2D eigenvalue weighted by molar-refractivity contribution is 5.96. The fraction of sp³-hybridized carbons (Fsp3) is 0.333. The van der Waals surface area contributed by atoms with Crippen molar-refractivity contribution in [2.75, 3.05) is 0 Å². The van der Waals surface area contributed by atoms with Crippen LogP contribution in [0.15, 0.2) is 24.7 Å². The molecule has 0 aliphatic heterocycles. The van der Waals surface area contributed by atoms with Crippen molar-refractivity contribution in [1.29, 1.82) is 0 Å². The molecule has 20 heavy (non-hydrogen) atoms. The second kappa shape index (κ2) is 5.58. The minimum Gasteiger partial charge on any atom is -0.244 e. The molecule has 102 valence electrons. The maximum Gasteiger partial charge on any atom is 0.116 e. The number of hydrogen-bond acceptors (Lipinski definition) is 2. The zero-order valence-electron chi connectivity index (χ0n) is 12.2. The molecule has 2 heteroatoms. The van der Waals surface area contributed by atoms with Crippen LogP contribution in [0, 0.1) is 0 Å². The second-order valence-corrected chi connectivity index (χ2v) is 4.95. The van der Waals surface area contributed by atoms with Gasteiger partial charge in [-0.05, 0) is 42.4 Å². The molecule has 0 saturated carbocycles. The highest BCUT2D eigenvalue weighted by Crippen LogP contribution is 2.36. The third-order valence-corrected chi connectivity index (χ3v) is 3.96. The number of fused-ring (bicyclic) bond motifs is 6. The molecule has 0 fully saturated rings. The van der Waals surface area contributed by atoms with E-state index in [1.807, 2.05) is 20.0 Å². The number of hydrogen-bond donors (Lipinski definition) is 0. The summed E-state index contributed by atoms with van der Waals surface area (Å²) in [6.07, 6.45) is 17.3. The lowest BCUT2D eigenvalue weighted by atomic mass is 9.83. The van der Waals surface area contributed by atoms with E-state index in [2.05, 4.69) is 34.3 Å². The Morgan fingerprint density at radius 1 is 0.900 bits per heavy atom. The molecule has 0 bridgehead atoms. The van der Waals surface area contributed by atoms with Crippen molar-refractivity contribution in [2.24, 2.45) is 0 Å². The first-order valence-electron chi connectivity index (χ1n) is 7.55. The van der Waals surface area contributed by atoms with Gasteiger partial charge in [0.1, 0.15) is 6.33 Å². The molecule has 0 atom stereocenters. The first-order chi connectivity index (χ1) is 9.95. The molecule has 0 saturated heterocycles. The van der Waals surface area contributed by atoms with Crippen molar-refractivity contribution in [3.63, 3.8) is 0 Å². The lowest BCUT2D eigenvalue weighted by molar-refractivity contribution is 0.909. The largest absolute Gasteiger partial charge is 0.244 e. The smallest absolute Gasteiger partial charge is 0.116 e. The van der Waals surface area contributed by atoms with E-state index >= 15 is 0 Å². The Morgan fingerprint density at radius 2 is 1.55 bits per heavy atom. The van der Waals surface area contributed by atoms with E-state index in [0.29, 0.717) is 0 Å². The van der Waals surface area contributed by atoms with Gasteiger partial charge in [0.15, 0.2) is 0 Å². The van der Waals surface area contributed by atoms with E-state index in [-0.39, 0.29) is 0 Å². The minimum atomic E-state index is 1.11. The summed E-state index contributed by atoms with van der Waals surface area (Å²) in [5, 5.41) is 1.20. The summed E-state index contributed by atoms with van der Waals surface area (Å²) in [6.45, 7) is 4.00. The van der Waals surface area contributed by atoms with Crippen LogP contribution in [-0.4, -0.2) is 9.97 Å². The van der Waals surface area contributed by atoms with Gasteiger partial charge in [-0.15, -0.1) is 0 Å². The van der Waals surface area contributed by atoms with Crippen LogP contribution in [0.5, 0.6) is 0 Å². The van der Waals surface area contributed by atoms with Crippen LogP contribution >= 0.6 is 0 Å². The normalized spacial score (nSPS) is 15.3. The van der Waals surface area contributed by atoms with E-state index in [9.17, 15) is 0 Å². The zero-order valence-corrected chi connectivity index (χ0v) is 12.2. The zero-order chi connectivity index (χ0) is 13.9. The van der Waals surface area contributed by atoms with Gasteiger partial charge < -0.3 is 0 Å². The first kappa shape index (κ1) is 13.0. The molecule has 2 aromatic rings. The van der Waals surface area contributed by atoms with Gasteiger partial charge in [0.25, 0.3) is 0 Å². The van der Waals surface area contributed by atoms with Gasteiger partial charge in [-0.3, -0.25) is 0 Å². The quantitative estimate of drug-likeness (QED) is 0.696. The summed E-state index contributed by atoms with van der Waals surface area (Å²) in [5.41, 5.74) is 6.84. The number of allylic oxidation sites excluding steroid dienone is 2. The van der Waals surface area contributed by atoms with Crippen LogP contribution in [0.25, 0.3) is 23.1 Å². The molecule has 0 N–H and O–H groups in total. The number of rotatable bonds is 0. The molecule has 1 aromatic carbocycles. The van der Waals surface area contributed by atoms with Crippen LogP contribution in [0.2, 0.25) is 0 Å². The van der Waals surface area contributed by atoms with Gasteiger partial charge in [0.05, 0.1) is 5.52 Å². The molecular weight excluding hydrogens is 244 g/mol. The lowest BCUT2D eigenvalue weighted by Crippen LogP contribution is -2.07. The van der Waals surface area contributed by atoms with Crippen LogP contribution in [0.1, 0.15) is 48.9 Å². The third kappa shape index (κ3) is 1.96. The standard InChI is InChI=1S/C16H14N2.C2H6/c1-2-7-13-11(5-1)12-6-3-4-8-14(12)16-15(13)9-17-10-18-16;1-2/h2,4,7-10H,1,3,5-6H2;1-2H3. The summed E-state index contributed by atoms with van der Waals surface area (Å²) in [7, 11) is 0. The number of aromatic nitrogens is 2. The Labute approximate surface area is 120 Å². The van der Waals surface area contributed by atoms with Crippen LogP contribution in [0.3, 0.4) is 0 Å². The van der Waals surface area contributed by atoms with Gasteiger partial charge in [0, 0.05) is 17.1 Å². The van der Waals surface area contributed by atoms with Gasteiger partial charge in [-0.25, -0.2) is 9.97 Å². The molecule has 2 nitrogen and oxygen atoms in total. The Balaban J connectivity index is 0.000000581. The van der Waals surface area contributed by atoms with E-state index < -0.39 is 0 Å². The van der Waals surface area contributed by atoms with Crippen molar-refractivity contribution in [3.8, 4) is 0 Å². The topological polar surface area (TPSA) is 25.8 Å². The molecule has 1 aromatic heterocycles. The van der Waals surface area contributed by atoms with E-state index in [4.69, 9.17) is 0 Å². The number of benzene rings is 1. The van der Waals surface area contributed by atoms with E-state index in [1.54, 1.807) is 6.33 Å². The Hall–Kier alpha value is -1.96. The molecule has 0 amide bonds. The Kier molecular flexibility index (Phi) is 3.64. The number of nitrogens with zero attached hydrogens (tertiary/aromatic N) is 2. The van der Waals surface area contributed by atoms with Crippen LogP contribution in [-0.2, 0) is 12.8 Å². The molecule has 1 heterocycles. The van der Waals surface area contributed by atoms with Gasteiger partial charge >= 0.3 is 0 Å². The molecule has 0 unspecified atom stereocenters. The summed E-state index contributed by atoms with van der Waals surface area (Å²) >= 11 is 0. The first-order valence-corrected chi connectivity index (χ1v) is 7.55. The van der Waals surface area contributed by atoms with E-state index in [0.717, 1.165) is 31.2 Å². The van der Waals surface area contributed by atoms with E-state index in [1.165, 1.54) is 27.6 Å². The average molecular weight is 264 g/mol. The molecule has 2 aliphatic carbocycles. The second-order valence-electron chi connectivity index (χ2n) is 4.95. The molecule has 0 spiro atoms. The Bertz CT molecular complexity index is 636. The summed E-state index contributed by atoms with van der Waals surface area (Å²) in [4.78, 5) is 8.71. The van der Waals surface area contributed by atoms with Crippen molar-refractivity contribution >= 4 is 23.1 Å². The highest BCUT2D eigenvalue weighted by Gasteiger charge is 2.19. The molecule has 4 rings (SSSR count). The van der Waals surface area contributed by atoms with Gasteiger partial charge in [-0.1, -0.05) is 38.2 Å². The predicted molar refractivity (Wildman–Crippen MR) is 85.6 cm³/mol. The third-order valence-electron chi connectivity index (χ3n) is 3.96. The molecule has 0 radical (unpaired) electrons. The SMILES string of the molecule is C1=Cc2c(c3c(c4ncncc24)C=CCC3)CC1.CC. The average Bonchev–Trinajstić information content (AvgIpc) is 2.57. The molecular formula is C18H20N2. The minimum absolute atomic E-state index is 1.11.